The van der Waals surface area contributed by atoms with Crippen molar-refractivity contribution in [1.82, 2.24) is 0 Å². The minimum Gasteiger partial charge on any atom is -0.466 e. The summed E-state index contributed by atoms with van der Waals surface area (Å²) in [4.78, 5) is 49.5. The molecule has 2 saturated heterocycles. The van der Waals surface area contributed by atoms with E-state index in [0.29, 0.717) is 12.8 Å². The molecule has 9 heteroatoms. The van der Waals surface area contributed by atoms with Gasteiger partial charge in [-0.15, -0.1) is 0 Å². The summed E-state index contributed by atoms with van der Waals surface area (Å²) >= 11 is 0. The number of carbonyl (C=O) groups is 4. The van der Waals surface area contributed by atoms with Crippen LogP contribution in [0.1, 0.15) is 33.6 Å². The molecule has 3 aliphatic rings. The van der Waals surface area contributed by atoms with Crippen molar-refractivity contribution < 1.29 is 42.9 Å². The Balaban J connectivity index is 2.17. The number of fused-ring (bicyclic) bond motifs is 3. The maximum absolute atomic E-state index is 12.6. The Kier molecular flexibility index (Phi) is 6.09. The highest BCUT2D eigenvalue weighted by atomic mass is 16.7. The van der Waals surface area contributed by atoms with E-state index in [1.807, 2.05) is 6.92 Å². The predicted octanol–water partition coefficient (Wildman–Crippen LogP) is 1.55. The van der Waals surface area contributed by atoms with Crippen molar-refractivity contribution in [1.29, 1.82) is 0 Å². The lowest BCUT2D eigenvalue weighted by Crippen LogP contribution is -2.48. The van der Waals surface area contributed by atoms with Crippen molar-refractivity contribution in [2.75, 3.05) is 7.11 Å². The molecule has 0 spiro atoms. The molecule has 0 aromatic heterocycles. The lowest BCUT2D eigenvalue weighted by Gasteiger charge is -2.33. The van der Waals surface area contributed by atoms with E-state index in [9.17, 15) is 19.2 Å². The fourth-order valence-corrected chi connectivity index (χ4v) is 4.10. The van der Waals surface area contributed by atoms with E-state index in [2.05, 4.69) is 13.2 Å². The molecule has 168 valence electrons. The second-order valence-corrected chi connectivity index (χ2v) is 8.14. The monoisotopic (exact) mass is 434 g/mol. The summed E-state index contributed by atoms with van der Waals surface area (Å²) in [5, 5.41) is 0. The topological polar surface area (TPSA) is 118 Å². The molecule has 0 N–H and O–H groups in total. The van der Waals surface area contributed by atoms with Crippen molar-refractivity contribution in [2.24, 2.45) is 5.92 Å². The van der Waals surface area contributed by atoms with E-state index in [-0.39, 0.29) is 16.7 Å². The molecule has 2 heterocycles. The summed E-state index contributed by atoms with van der Waals surface area (Å²) < 4.78 is 27.4. The quantitative estimate of drug-likeness (QED) is 0.281. The Morgan fingerprint density at radius 1 is 1.23 bits per heavy atom. The Morgan fingerprint density at radius 3 is 2.48 bits per heavy atom. The number of hydrogen-bond acceptors (Lipinski definition) is 9. The van der Waals surface area contributed by atoms with Crippen LogP contribution < -0.4 is 0 Å². The number of hydrogen-bond donors (Lipinski definition) is 0. The number of methoxy groups -OCH3 is 1. The smallest absolute Gasteiger partial charge is 0.337 e. The summed E-state index contributed by atoms with van der Waals surface area (Å²) in [6.45, 7) is 11.9. The molecule has 0 unspecified atom stereocenters. The van der Waals surface area contributed by atoms with E-state index in [4.69, 9.17) is 23.7 Å². The van der Waals surface area contributed by atoms with Gasteiger partial charge in [0.05, 0.1) is 24.2 Å². The van der Waals surface area contributed by atoms with Gasteiger partial charge in [-0.2, -0.15) is 0 Å². The van der Waals surface area contributed by atoms with Gasteiger partial charge in [0.1, 0.15) is 12.2 Å². The van der Waals surface area contributed by atoms with Crippen molar-refractivity contribution in [3.63, 3.8) is 0 Å². The van der Waals surface area contributed by atoms with Crippen LogP contribution in [-0.2, 0) is 42.9 Å². The van der Waals surface area contributed by atoms with Gasteiger partial charge in [0.15, 0.2) is 12.2 Å². The summed E-state index contributed by atoms with van der Waals surface area (Å²) in [6, 6.07) is 0. The zero-order chi connectivity index (χ0) is 23.1. The molecule has 9 nitrogen and oxygen atoms in total. The molecule has 2 fully saturated rings. The van der Waals surface area contributed by atoms with Crippen LogP contribution in [0.5, 0.6) is 0 Å². The predicted molar refractivity (Wildman–Crippen MR) is 105 cm³/mol. The van der Waals surface area contributed by atoms with Crippen LogP contribution in [0, 0.1) is 5.92 Å². The molecular formula is C22H26O9. The van der Waals surface area contributed by atoms with Crippen molar-refractivity contribution >= 4 is 23.9 Å². The number of allylic oxidation sites excluding steroid dienone is 1. The molecule has 0 saturated carbocycles. The maximum atomic E-state index is 12.6. The molecule has 0 aromatic rings. The summed E-state index contributed by atoms with van der Waals surface area (Å²) in [5.74, 6) is -3.84. The Labute approximate surface area is 180 Å². The third-order valence-electron chi connectivity index (χ3n) is 5.77. The highest BCUT2D eigenvalue weighted by molar-refractivity contribution is 5.93. The summed E-state index contributed by atoms with van der Waals surface area (Å²) in [5.41, 5.74) is -0.486. The molecule has 0 bridgehead atoms. The third-order valence-corrected chi connectivity index (χ3v) is 5.77. The second-order valence-electron chi connectivity index (χ2n) is 8.14. The van der Waals surface area contributed by atoms with E-state index >= 15 is 0 Å². The number of esters is 4. The number of rotatable bonds is 4. The average Bonchev–Trinajstić information content (AvgIpc) is 3.28. The minimum absolute atomic E-state index is 0.00851. The first-order chi connectivity index (χ1) is 14.5. The Morgan fingerprint density at radius 2 is 1.90 bits per heavy atom. The molecule has 0 aromatic carbocycles. The maximum Gasteiger partial charge on any atom is 0.337 e. The van der Waals surface area contributed by atoms with Gasteiger partial charge in [-0.1, -0.05) is 19.2 Å². The fraction of sp³-hybridized carbons (Fsp3) is 0.545. The second kappa shape index (κ2) is 8.30. The minimum atomic E-state index is -1.35. The van der Waals surface area contributed by atoms with E-state index in [1.165, 1.54) is 14.0 Å². The number of ether oxygens (including phenoxy) is 5. The van der Waals surface area contributed by atoms with Gasteiger partial charge in [-0.05, 0) is 26.7 Å². The van der Waals surface area contributed by atoms with Crippen LogP contribution in [0.2, 0.25) is 0 Å². The van der Waals surface area contributed by atoms with Gasteiger partial charge in [0.25, 0.3) is 0 Å². The Bertz CT molecular complexity index is 885. The molecule has 0 radical (unpaired) electrons. The molecular weight excluding hydrogens is 408 g/mol. The van der Waals surface area contributed by atoms with Crippen molar-refractivity contribution in [2.45, 2.75) is 63.6 Å². The lowest BCUT2D eigenvalue weighted by molar-refractivity contribution is -0.168. The lowest BCUT2D eigenvalue weighted by atomic mass is 9.80. The largest absolute Gasteiger partial charge is 0.466 e. The molecule has 6 atom stereocenters. The van der Waals surface area contributed by atoms with E-state index in [1.54, 1.807) is 6.08 Å². The molecule has 31 heavy (non-hydrogen) atoms. The summed E-state index contributed by atoms with van der Waals surface area (Å²) in [7, 11) is 1.19. The van der Waals surface area contributed by atoms with Gasteiger partial charge in [-0.25, -0.2) is 14.4 Å². The SMILES string of the molecule is C=C(C)C(=O)O[C@@H]1[C@H]2C(=C)C(=O)O[C@@H]2[C@H]2O[C@]2(C)CC/C=C(/C(=O)OC)[C@@H]1OC(C)=O. The van der Waals surface area contributed by atoms with Crippen LogP contribution in [0.4, 0.5) is 0 Å². The van der Waals surface area contributed by atoms with Gasteiger partial charge < -0.3 is 23.7 Å². The van der Waals surface area contributed by atoms with Gasteiger partial charge in [-0.3, -0.25) is 4.79 Å². The van der Waals surface area contributed by atoms with Gasteiger partial charge in [0, 0.05) is 18.1 Å². The third kappa shape index (κ3) is 4.27. The number of carbonyl (C=O) groups excluding carboxylic acids is 4. The van der Waals surface area contributed by atoms with Crippen LogP contribution in [0.15, 0.2) is 36.0 Å². The van der Waals surface area contributed by atoms with Crippen molar-refractivity contribution in [3.8, 4) is 0 Å². The van der Waals surface area contributed by atoms with Gasteiger partial charge in [0.2, 0.25) is 0 Å². The first kappa shape index (κ1) is 22.7. The highest BCUT2D eigenvalue weighted by Gasteiger charge is 2.64. The van der Waals surface area contributed by atoms with E-state index < -0.39 is 59.8 Å². The van der Waals surface area contributed by atoms with Gasteiger partial charge >= 0.3 is 23.9 Å². The first-order valence-electron chi connectivity index (χ1n) is 9.90. The zero-order valence-corrected chi connectivity index (χ0v) is 18.0. The molecule has 0 amide bonds. The standard InChI is InChI=1S/C22H26O9/c1-10(2)19(24)29-16-14-11(3)20(25)30-17(14)18-22(5,31-18)9-7-8-13(21(26)27-6)15(16)28-12(4)23/h8,14-18H,1,3,7,9H2,2,4-6H3/b13-8+/t14-,15+,16-,17+,18-,22-/m1/s1. The molecule has 1 aliphatic carbocycles. The Hall–Kier alpha value is -2.94. The normalized spacial score (nSPS) is 36.0. The van der Waals surface area contributed by atoms with Crippen LogP contribution >= 0.6 is 0 Å². The molecule has 2 aliphatic heterocycles. The van der Waals surface area contributed by atoms with E-state index in [0.717, 1.165) is 6.92 Å². The fourth-order valence-electron chi connectivity index (χ4n) is 4.10. The van der Waals surface area contributed by atoms with Crippen LogP contribution in [-0.4, -0.2) is 61.0 Å². The first-order valence-corrected chi connectivity index (χ1v) is 9.90. The summed E-state index contributed by atoms with van der Waals surface area (Å²) in [6.07, 6.45) is -1.45. The van der Waals surface area contributed by atoms with Crippen LogP contribution in [0.25, 0.3) is 0 Å². The zero-order valence-electron chi connectivity index (χ0n) is 18.0. The molecule has 3 rings (SSSR count). The average molecular weight is 434 g/mol. The number of epoxide rings is 1. The van der Waals surface area contributed by atoms with Crippen molar-refractivity contribution in [3.05, 3.63) is 36.0 Å². The highest BCUT2D eigenvalue weighted by Crippen LogP contribution is 2.50. The van der Waals surface area contributed by atoms with Crippen LogP contribution in [0.3, 0.4) is 0 Å².